The van der Waals surface area contributed by atoms with Crippen LogP contribution in [0.3, 0.4) is 0 Å². The zero-order chi connectivity index (χ0) is 19.3. The Bertz CT molecular complexity index is 1160. The van der Waals surface area contributed by atoms with Crippen molar-refractivity contribution in [2.75, 3.05) is 11.5 Å². The number of ether oxygens (including phenoxy) is 1. The number of fused-ring (bicyclic) bond motifs is 3. The van der Waals surface area contributed by atoms with E-state index in [9.17, 15) is 0 Å². The molecule has 1 heterocycles. The second-order valence-corrected chi connectivity index (χ2v) is 7.80. The van der Waals surface area contributed by atoms with Gasteiger partial charge in [-0.3, -0.25) is 0 Å². The first-order valence-corrected chi connectivity index (χ1v) is 9.48. The molecule has 0 aliphatic carbocycles. The van der Waals surface area contributed by atoms with Crippen molar-refractivity contribution in [3.63, 3.8) is 0 Å². The Kier molecular flexibility index (Phi) is 3.59. The molecule has 4 aromatic carbocycles. The minimum absolute atomic E-state index is 0.243. The number of rotatable bonds is 2. The lowest BCUT2D eigenvalue weighted by atomic mass is 9.70. The summed E-state index contributed by atoms with van der Waals surface area (Å²) in [7, 11) is 0. The maximum Gasteiger partial charge on any atom is 0.133 e. The van der Waals surface area contributed by atoms with E-state index in [0.29, 0.717) is 11.4 Å². The molecule has 0 fully saturated rings. The Morgan fingerprint density at radius 3 is 1.96 bits per heavy atom. The van der Waals surface area contributed by atoms with Gasteiger partial charge in [0.05, 0.1) is 0 Å². The van der Waals surface area contributed by atoms with Crippen molar-refractivity contribution < 1.29 is 4.74 Å². The van der Waals surface area contributed by atoms with Gasteiger partial charge in [-0.15, -0.1) is 0 Å². The molecule has 0 spiro atoms. The molecule has 28 heavy (non-hydrogen) atoms. The molecular weight excluding hydrogens is 344 g/mol. The number of benzene rings is 4. The van der Waals surface area contributed by atoms with E-state index in [1.807, 2.05) is 24.3 Å². The maximum absolute atomic E-state index is 6.18. The van der Waals surface area contributed by atoms with Gasteiger partial charge in [-0.2, -0.15) is 0 Å². The van der Waals surface area contributed by atoms with Gasteiger partial charge in [0.2, 0.25) is 0 Å². The topological polar surface area (TPSA) is 61.3 Å². The monoisotopic (exact) mass is 366 g/mol. The predicted octanol–water partition coefficient (Wildman–Crippen LogP) is 5.66. The average Bonchev–Trinajstić information content (AvgIpc) is 2.67. The highest BCUT2D eigenvalue weighted by Crippen LogP contribution is 2.50. The fourth-order valence-electron chi connectivity index (χ4n) is 4.37. The molecule has 0 aromatic heterocycles. The third kappa shape index (κ3) is 2.59. The predicted molar refractivity (Wildman–Crippen MR) is 116 cm³/mol. The molecule has 0 bridgehead atoms. The van der Waals surface area contributed by atoms with E-state index in [1.54, 1.807) is 0 Å². The van der Waals surface area contributed by atoms with Crippen molar-refractivity contribution in [1.82, 2.24) is 0 Å². The highest BCUT2D eigenvalue weighted by atomic mass is 16.5. The van der Waals surface area contributed by atoms with Crippen LogP contribution in [0.5, 0.6) is 11.5 Å². The first kappa shape index (κ1) is 16.7. The third-order valence-electron chi connectivity index (χ3n) is 5.79. The van der Waals surface area contributed by atoms with Gasteiger partial charge in [0.15, 0.2) is 0 Å². The number of anilines is 2. The summed E-state index contributed by atoms with van der Waals surface area (Å²) in [5.41, 5.74) is 16.8. The standard InChI is InChI=1S/C25H22N2O/c1-25(15-16-6-7-17-4-2-3-5-18(17)12-16)21-10-8-19(26)13-23(21)28-24-14-20(27)9-11-22(24)25/h2-14H,15,26-27H2,1H3. The lowest BCUT2D eigenvalue weighted by Gasteiger charge is -2.38. The van der Waals surface area contributed by atoms with Gasteiger partial charge in [0, 0.05) is 40.0 Å². The highest BCUT2D eigenvalue weighted by molar-refractivity contribution is 5.83. The minimum Gasteiger partial charge on any atom is -0.457 e. The Morgan fingerprint density at radius 1 is 0.714 bits per heavy atom. The summed E-state index contributed by atoms with van der Waals surface area (Å²) >= 11 is 0. The molecule has 0 unspecified atom stereocenters. The van der Waals surface area contributed by atoms with Gasteiger partial charge in [0.25, 0.3) is 0 Å². The van der Waals surface area contributed by atoms with E-state index in [4.69, 9.17) is 16.2 Å². The van der Waals surface area contributed by atoms with Gasteiger partial charge in [0.1, 0.15) is 11.5 Å². The van der Waals surface area contributed by atoms with Crippen molar-refractivity contribution in [1.29, 1.82) is 0 Å². The number of nitrogens with two attached hydrogens (primary N) is 2. The summed E-state index contributed by atoms with van der Waals surface area (Å²) in [4.78, 5) is 0. The summed E-state index contributed by atoms with van der Waals surface area (Å²) < 4.78 is 6.18. The van der Waals surface area contributed by atoms with Crippen LogP contribution in [0.2, 0.25) is 0 Å². The molecule has 5 rings (SSSR count). The molecule has 3 heteroatoms. The van der Waals surface area contributed by atoms with Gasteiger partial charge in [-0.1, -0.05) is 61.5 Å². The van der Waals surface area contributed by atoms with Crippen molar-refractivity contribution in [3.8, 4) is 11.5 Å². The van der Waals surface area contributed by atoms with Crippen molar-refractivity contribution in [2.45, 2.75) is 18.8 Å². The zero-order valence-electron chi connectivity index (χ0n) is 15.8. The van der Waals surface area contributed by atoms with Gasteiger partial charge >= 0.3 is 0 Å². The van der Waals surface area contributed by atoms with E-state index in [2.05, 4.69) is 61.5 Å². The zero-order valence-corrected chi connectivity index (χ0v) is 15.8. The summed E-state index contributed by atoms with van der Waals surface area (Å²) in [5, 5.41) is 2.51. The smallest absolute Gasteiger partial charge is 0.133 e. The van der Waals surface area contributed by atoms with E-state index in [1.165, 1.54) is 16.3 Å². The molecule has 0 saturated heterocycles. The van der Waals surface area contributed by atoms with Gasteiger partial charge in [-0.05, 0) is 34.9 Å². The number of hydrogen-bond donors (Lipinski definition) is 2. The number of hydrogen-bond acceptors (Lipinski definition) is 3. The first-order chi connectivity index (χ1) is 13.5. The fourth-order valence-corrected chi connectivity index (χ4v) is 4.37. The Labute approximate surface area is 164 Å². The van der Waals surface area contributed by atoms with Crippen molar-refractivity contribution in [2.24, 2.45) is 0 Å². The molecule has 0 saturated carbocycles. The summed E-state index contributed by atoms with van der Waals surface area (Å²) in [6.45, 7) is 2.27. The van der Waals surface area contributed by atoms with Crippen molar-refractivity contribution in [3.05, 3.63) is 95.6 Å². The van der Waals surface area contributed by atoms with Crippen LogP contribution in [0.25, 0.3) is 10.8 Å². The van der Waals surface area contributed by atoms with Crippen LogP contribution in [0.15, 0.2) is 78.9 Å². The van der Waals surface area contributed by atoms with Gasteiger partial charge in [-0.25, -0.2) is 0 Å². The molecule has 0 radical (unpaired) electrons. The van der Waals surface area contributed by atoms with E-state index in [0.717, 1.165) is 29.0 Å². The molecular formula is C25H22N2O. The molecule has 1 aliphatic rings. The molecule has 1 aliphatic heterocycles. The van der Waals surface area contributed by atoms with Crippen LogP contribution in [0.1, 0.15) is 23.6 Å². The lowest BCUT2D eigenvalue weighted by Crippen LogP contribution is -2.30. The summed E-state index contributed by atoms with van der Waals surface area (Å²) in [5.74, 6) is 1.61. The van der Waals surface area contributed by atoms with E-state index < -0.39 is 0 Å². The Hall–Kier alpha value is -3.46. The van der Waals surface area contributed by atoms with Crippen LogP contribution in [-0.2, 0) is 11.8 Å². The van der Waals surface area contributed by atoms with Crippen LogP contribution < -0.4 is 16.2 Å². The largest absolute Gasteiger partial charge is 0.457 e. The molecule has 3 nitrogen and oxygen atoms in total. The van der Waals surface area contributed by atoms with E-state index >= 15 is 0 Å². The second kappa shape index (κ2) is 6.03. The normalized spacial score (nSPS) is 14.2. The average molecular weight is 366 g/mol. The minimum atomic E-state index is -0.243. The molecule has 0 amide bonds. The van der Waals surface area contributed by atoms with E-state index in [-0.39, 0.29) is 5.41 Å². The van der Waals surface area contributed by atoms with Crippen LogP contribution in [0.4, 0.5) is 11.4 Å². The summed E-state index contributed by atoms with van der Waals surface area (Å²) in [6, 6.07) is 27.0. The number of nitrogen functional groups attached to an aromatic ring is 2. The van der Waals surface area contributed by atoms with Crippen LogP contribution in [-0.4, -0.2) is 0 Å². The quantitative estimate of drug-likeness (QED) is 0.450. The molecule has 138 valence electrons. The first-order valence-electron chi connectivity index (χ1n) is 9.48. The second-order valence-electron chi connectivity index (χ2n) is 7.80. The Balaban J connectivity index is 1.68. The maximum atomic E-state index is 6.18. The highest BCUT2D eigenvalue weighted by Gasteiger charge is 2.38. The van der Waals surface area contributed by atoms with Crippen LogP contribution in [0, 0.1) is 0 Å². The molecule has 4 N–H and O–H groups in total. The Morgan fingerprint density at radius 2 is 1.32 bits per heavy atom. The van der Waals surface area contributed by atoms with Crippen LogP contribution >= 0.6 is 0 Å². The SMILES string of the molecule is CC1(Cc2ccc3ccccc3c2)c2ccc(N)cc2Oc2cc(N)ccc21. The lowest BCUT2D eigenvalue weighted by molar-refractivity contribution is 0.404. The molecule has 4 aromatic rings. The summed E-state index contributed by atoms with van der Waals surface area (Å²) in [6.07, 6.45) is 0.856. The fraction of sp³-hybridized carbons (Fsp3) is 0.120. The molecule has 0 atom stereocenters. The van der Waals surface area contributed by atoms with Crippen molar-refractivity contribution >= 4 is 22.1 Å². The third-order valence-corrected chi connectivity index (χ3v) is 5.79. The van der Waals surface area contributed by atoms with Gasteiger partial charge < -0.3 is 16.2 Å².